The Morgan fingerprint density at radius 3 is 2.33 bits per heavy atom. The number of furan rings is 1. The molecule has 1 amide bonds. The number of aryl methyl sites for hydroxylation is 1. The van der Waals surface area contributed by atoms with E-state index in [1.807, 2.05) is 36.7 Å². The van der Waals surface area contributed by atoms with Crippen molar-refractivity contribution in [2.45, 2.75) is 27.0 Å². The Hall–Kier alpha value is -1.87. The molecule has 0 atom stereocenters. The largest absolute Gasteiger partial charge is 0.482 e. The van der Waals surface area contributed by atoms with Crippen LogP contribution in [0.1, 0.15) is 33.3 Å². The summed E-state index contributed by atoms with van der Waals surface area (Å²) in [5, 5.41) is 7.49. The number of benzene rings is 2. The standard InChI is InChI=1S/C24H17BrCl5N3O3/c1-11-17(25)12(2)33(32-11)9-13-4-3-5-14(8-13)31-24(34)16-7-6-15(36-16)10-35-23-21(29)19(27)18(26)20(28)22(23)30/h3-8H,9-10H2,1-2H3,(H,31,34). The number of aromatic nitrogens is 2. The maximum Gasteiger partial charge on any atom is 0.291 e. The minimum Gasteiger partial charge on any atom is -0.482 e. The number of ether oxygens (including phenoxy) is 1. The van der Waals surface area contributed by atoms with Gasteiger partial charge in [0.15, 0.2) is 11.5 Å². The summed E-state index contributed by atoms with van der Waals surface area (Å²) >= 11 is 34.0. The number of anilines is 1. The van der Waals surface area contributed by atoms with Crippen LogP contribution in [0.15, 0.2) is 45.3 Å². The highest BCUT2D eigenvalue weighted by Crippen LogP contribution is 2.48. The summed E-state index contributed by atoms with van der Waals surface area (Å²) < 4.78 is 14.2. The molecule has 0 bridgehead atoms. The Balaban J connectivity index is 1.42. The van der Waals surface area contributed by atoms with E-state index in [0.717, 1.165) is 21.4 Å². The molecule has 0 fully saturated rings. The molecule has 0 aliphatic rings. The van der Waals surface area contributed by atoms with E-state index in [1.165, 1.54) is 6.07 Å². The van der Waals surface area contributed by atoms with Crippen molar-refractivity contribution in [3.8, 4) is 5.75 Å². The van der Waals surface area contributed by atoms with Crippen molar-refractivity contribution in [2.75, 3.05) is 5.32 Å². The first kappa shape index (κ1) is 27.2. The predicted octanol–water partition coefficient (Wildman–Crippen LogP) is 9.00. The fourth-order valence-electron chi connectivity index (χ4n) is 3.37. The lowest BCUT2D eigenvalue weighted by Gasteiger charge is -2.12. The number of amides is 1. The lowest BCUT2D eigenvalue weighted by Crippen LogP contribution is -2.11. The van der Waals surface area contributed by atoms with Crippen molar-refractivity contribution in [1.29, 1.82) is 0 Å². The molecule has 0 radical (unpaired) electrons. The van der Waals surface area contributed by atoms with E-state index in [9.17, 15) is 4.79 Å². The Bertz CT molecular complexity index is 1440. The van der Waals surface area contributed by atoms with Crippen molar-refractivity contribution in [1.82, 2.24) is 9.78 Å². The Morgan fingerprint density at radius 2 is 1.69 bits per heavy atom. The predicted molar refractivity (Wildman–Crippen MR) is 147 cm³/mol. The summed E-state index contributed by atoms with van der Waals surface area (Å²) in [7, 11) is 0. The minimum atomic E-state index is -0.416. The van der Waals surface area contributed by atoms with Crippen molar-refractivity contribution < 1.29 is 13.9 Å². The lowest BCUT2D eigenvalue weighted by atomic mass is 10.2. The van der Waals surface area contributed by atoms with E-state index in [0.29, 0.717) is 18.0 Å². The summed E-state index contributed by atoms with van der Waals surface area (Å²) in [6.45, 7) is 4.42. The van der Waals surface area contributed by atoms with E-state index in [-0.39, 0.29) is 43.2 Å². The smallest absolute Gasteiger partial charge is 0.291 e. The maximum absolute atomic E-state index is 12.7. The molecule has 0 unspecified atom stereocenters. The molecule has 36 heavy (non-hydrogen) atoms. The molecule has 2 aromatic carbocycles. The minimum absolute atomic E-state index is 0.0216. The van der Waals surface area contributed by atoms with Gasteiger partial charge < -0.3 is 14.5 Å². The lowest BCUT2D eigenvalue weighted by molar-refractivity contribution is 0.0992. The van der Waals surface area contributed by atoms with Gasteiger partial charge in [-0.1, -0.05) is 70.1 Å². The van der Waals surface area contributed by atoms with Crippen LogP contribution in [0.5, 0.6) is 5.75 Å². The molecule has 0 saturated heterocycles. The van der Waals surface area contributed by atoms with Crippen LogP contribution in [0.3, 0.4) is 0 Å². The van der Waals surface area contributed by atoms with Gasteiger partial charge in [0, 0.05) is 5.69 Å². The van der Waals surface area contributed by atoms with Crippen LogP contribution in [0, 0.1) is 13.8 Å². The molecule has 0 saturated carbocycles. The molecule has 12 heteroatoms. The summed E-state index contributed by atoms with van der Waals surface area (Å²) in [6.07, 6.45) is 0. The van der Waals surface area contributed by atoms with E-state index >= 15 is 0 Å². The number of hydrogen-bond acceptors (Lipinski definition) is 4. The first-order valence-electron chi connectivity index (χ1n) is 10.4. The molecule has 0 spiro atoms. The number of nitrogens with one attached hydrogen (secondary N) is 1. The van der Waals surface area contributed by atoms with E-state index in [2.05, 4.69) is 26.3 Å². The molecule has 4 rings (SSSR count). The fraction of sp³-hybridized carbons (Fsp3) is 0.167. The number of carbonyl (C=O) groups is 1. The number of nitrogens with zero attached hydrogens (tertiary/aromatic N) is 2. The Kier molecular flexibility index (Phi) is 8.49. The number of rotatable bonds is 7. The number of hydrogen-bond donors (Lipinski definition) is 1. The van der Waals surface area contributed by atoms with Crippen molar-refractivity contribution in [3.63, 3.8) is 0 Å². The van der Waals surface area contributed by atoms with Gasteiger partial charge in [-0.05, 0) is 59.6 Å². The van der Waals surface area contributed by atoms with E-state index in [1.54, 1.807) is 12.1 Å². The number of halogens is 6. The van der Waals surface area contributed by atoms with Crippen LogP contribution in [-0.4, -0.2) is 15.7 Å². The summed E-state index contributed by atoms with van der Waals surface area (Å²) in [5.74, 6) is 0.108. The third kappa shape index (κ3) is 5.67. The molecule has 4 aromatic rings. The van der Waals surface area contributed by atoms with Crippen LogP contribution in [0.2, 0.25) is 25.1 Å². The monoisotopic (exact) mass is 649 g/mol. The molecular weight excluding hydrogens is 635 g/mol. The molecule has 188 valence electrons. The van der Waals surface area contributed by atoms with Gasteiger partial charge in [-0.3, -0.25) is 9.48 Å². The van der Waals surface area contributed by atoms with Gasteiger partial charge in [-0.15, -0.1) is 0 Å². The third-order valence-electron chi connectivity index (χ3n) is 5.22. The first-order chi connectivity index (χ1) is 17.1. The van der Waals surface area contributed by atoms with Gasteiger partial charge in [-0.25, -0.2) is 0 Å². The highest BCUT2D eigenvalue weighted by Gasteiger charge is 2.21. The first-order valence-corrected chi connectivity index (χ1v) is 13.1. The van der Waals surface area contributed by atoms with Crippen LogP contribution < -0.4 is 10.1 Å². The summed E-state index contributed by atoms with van der Waals surface area (Å²) in [5.41, 5.74) is 3.55. The van der Waals surface area contributed by atoms with Gasteiger partial charge in [0.25, 0.3) is 5.91 Å². The van der Waals surface area contributed by atoms with Gasteiger partial charge in [0.1, 0.15) is 22.4 Å². The molecule has 1 N–H and O–H groups in total. The summed E-state index contributed by atoms with van der Waals surface area (Å²) in [4.78, 5) is 12.7. The highest BCUT2D eigenvalue weighted by molar-refractivity contribution is 9.10. The molecule has 2 heterocycles. The fourth-order valence-corrected chi connectivity index (χ4v) is 4.89. The number of carbonyl (C=O) groups excluding carboxylic acids is 1. The van der Waals surface area contributed by atoms with Crippen LogP contribution >= 0.6 is 73.9 Å². The second-order valence-corrected chi connectivity index (χ2v) is 10.4. The van der Waals surface area contributed by atoms with Crippen LogP contribution in [0.25, 0.3) is 0 Å². The van der Waals surface area contributed by atoms with Crippen molar-refractivity contribution >= 4 is 85.5 Å². The SMILES string of the molecule is Cc1nn(Cc2cccc(NC(=O)c3ccc(COc4c(Cl)c(Cl)c(Cl)c(Cl)c4Cl)o3)c2)c(C)c1Br. The van der Waals surface area contributed by atoms with Gasteiger partial charge in [0.05, 0.1) is 37.5 Å². The molecule has 0 aliphatic heterocycles. The molecule has 2 aromatic heterocycles. The van der Waals surface area contributed by atoms with Gasteiger partial charge in [-0.2, -0.15) is 5.10 Å². The normalized spacial score (nSPS) is 11.1. The third-order valence-corrected chi connectivity index (χ3v) is 8.61. The average molecular weight is 653 g/mol. The zero-order chi connectivity index (χ0) is 26.1. The zero-order valence-corrected chi connectivity index (χ0v) is 24.1. The average Bonchev–Trinajstić information content (AvgIpc) is 3.42. The topological polar surface area (TPSA) is 69.3 Å². The van der Waals surface area contributed by atoms with Crippen molar-refractivity contribution in [3.05, 3.63) is 94.5 Å². The van der Waals surface area contributed by atoms with Crippen molar-refractivity contribution in [2.24, 2.45) is 0 Å². The van der Waals surface area contributed by atoms with E-state index in [4.69, 9.17) is 67.2 Å². The maximum atomic E-state index is 12.7. The second-order valence-electron chi connectivity index (χ2n) is 7.75. The van der Waals surface area contributed by atoms with Gasteiger partial charge in [0.2, 0.25) is 0 Å². The quantitative estimate of drug-likeness (QED) is 0.160. The second kappa shape index (κ2) is 11.3. The Labute approximate surface area is 240 Å². The zero-order valence-electron chi connectivity index (χ0n) is 18.8. The van der Waals surface area contributed by atoms with Crippen LogP contribution in [-0.2, 0) is 13.2 Å². The molecule has 0 aliphatic carbocycles. The van der Waals surface area contributed by atoms with E-state index < -0.39 is 5.91 Å². The molecule has 6 nitrogen and oxygen atoms in total. The molecular formula is C24H17BrCl5N3O3. The Morgan fingerprint density at radius 1 is 1.03 bits per heavy atom. The van der Waals surface area contributed by atoms with Crippen LogP contribution in [0.4, 0.5) is 5.69 Å². The van der Waals surface area contributed by atoms with Gasteiger partial charge >= 0.3 is 0 Å². The summed E-state index contributed by atoms with van der Waals surface area (Å²) in [6, 6.07) is 10.6. The highest BCUT2D eigenvalue weighted by atomic mass is 79.9.